The first-order chi connectivity index (χ1) is 11.3. The maximum absolute atomic E-state index is 8.91. The SMILES string of the molecule is N#Cc1cnc(Cl)c(NSc2ccc(-c3ccccc3)cc2)c1. The minimum atomic E-state index is 0.345. The van der Waals surface area contributed by atoms with E-state index in [9.17, 15) is 0 Å². The molecule has 0 aliphatic rings. The number of anilines is 1. The predicted octanol–water partition coefficient (Wildman–Crippen LogP) is 5.39. The summed E-state index contributed by atoms with van der Waals surface area (Å²) < 4.78 is 3.13. The lowest BCUT2D eigenvalue weighted by molar-refractivity contribution is 1.30. The zero-order valence-corrected chi connectivity index (χ0v) is 13.6. The molecule has 23 heavy (non-hydrogen) atoms. The highest BCUT2D eigenvalue weighted by Gasteiger charge is 2.04. The minimum absolute atomic E-state index is 0.345. The number of rotatable bonds is 4. The van der Waals surface area contributed by atoms with Crippen molar-refractivity contribution < 1.29 is 0 Å². The molecule has 0 aliphatic heterocycles. The summed E-state index contributed by atoms with van der Waals surface area (Å²) in [4.78, 5) is 5.03. The quantitative estimate of drug-likeness (QED) is 0.512. The standard InChI is InChI=1S/C18H12ClN3S/c19-18-17(10-13(11-20)12-21-18)22-23-16-8-6-15(7-9-16)14-4-2-1-3-5-14/h1-10,12,22H. The number of nitriles is 1. The van der Waals surface area contributed by atoms with Crippen LogP contribution in [0.3, 0.4) is 0 Å². The van der Waals surface area contributed by atoms with Crippen LogP contribution in [0.1, 0.15) is 5.56 Å². The van der Waals surface area contributed by atoms with E-state index in [2.05, 4.69) is 34.0 Å². The molecule has 0 radical (unpaired) electrons. The van der Waals surface area contributed by atoms with Gasteiger partial charge in [-0.25, -0.2) is 4.98 Å². The minimum Gasteiger partial charge on any atom is -0.323 e. The second-order valence-electron chi connectivity index (χ2n) is 4.77. The molecule has 0 aliphatic carbocycles. The third-order valence-corrected chi connectivity index (χ3v) is 4.34. The number of aromatic nitrogens is 1. The Morgan fingerprint density at radius 2 is 1.70 bits per heavy atom. The van der Waals surface area contributed by atoms with Crippen LogP contribution in [0, 0.1) is 11.3 Å². The van der Waals surface area contributed by atoms with E-state index in [1.54, 1.807) is 6.07 Å². The molecule has 0 saturated carbocycles. The van der Waals surface area contributed by atoms with Crippen LogP contribution < -0.4 is 4.72 Å². The molecule has 3 aromatic rings. The van der Waals surface area contributed by atoms with Crippen LogP contribution in [0.25, 0.3) is 11.1 Å². The summed E-state index contributed by atoms with van der Waals surface area (Å²) in [6.45, 7) is 0. The summed E-state index contributed by atoms with van der Waals surface area (Å²) in [5.74, 6) is 0. The van der Waals surface area contributed by atoms with Crippen LogP contribution in [-0.4, -0.2) is 4.98 Å². The highest BCUT2D eigenvalue weighted by Crippen LogP contribution is 2.28. The van der Waals surface area contributed by atoms with Crippen molar-refractivity contribution in [1.82, 2.24) is 4.98 Å². The van der Waals surface area contributed by atoms with E-state index in [0.717, 1.165) is 4.90 Å². The van der Waals surface area contributed by atoms with Crippen molar-refractivity contribution in [1.29, 1.82) is 5.26 Å². The average molecular weight is 338 g/mol. The van der Waals surface area contributed by atoms with Gasteiger partial charge in [0, 0.05) is 11.1 Å². The van der Waals surface area contributed by atoms with Crippen molar-refractivity contribution in [3.8, 4) is 17.2 Å². The van der Waals surface area contributed by atoms with Gasteiger partial charge in [0.05, 0.1) is 11.3 Å². The molecule has 0 bridgehead atoms. The van der Waals surface area contributed by atoms with Gasteiger partial charge in [-0.05, 0) is 41.3 Å². The fourth-order valence-corrected chi connectivity index (χ4v) is 2.90. The largest absolute Gasteiger partial charge is 0.323 e. The van der Waals surface area contributed by atoms with Gasteiger partial charge in [-0.15, -0.1) is 0 Å². The molecule has 1 heterocycles. The van der Waals surface area contributed by atoms with Crippen LogP contribution in [0.15, 0.2) is 71.8 Å². The van der Waals surface area contributed by atoms with E-state index >= 15 is 0 Å². The molecule has 0 spiro atoms. The summed E-state index contributed by atoms with van der Waals surface area (Å²) in [7, 11) is 0. The highest BCUT2D eigenvalue weighted by molar-refractivity contribution is 8.00. The van der Waals surface area contributed by atoms with Crippen LogP contribution >= 0.6 is 23.5 Å². The van der Waals surface area contributed by atoms with Crippen LogP contribution in [0.5, 0.6) is 0 Å². The van der Waals surface area contributed by atoms with Crippen molar-refractivity contribution in [2.45, 2.75) is 4.90 Å². The maximum Gasteiger partial charge on any atom is 0.153 e. The van der Waals surface area contributed by atoms with Crippen LogP contribution in [0.2, 0.25) is 5.15 Å². The molecule has 0 fully saturated rings. The molecule has 3 rings (SSSR count). The average Bonchev–Trinajstić information content (AvgIpc) is 2.62. The molecule has 0 amide bonds. The van der Waals surface area contributed by atoms with Gasteiger partial charge < -0.3 is 4.72 Å². The molecule has 0 saturated heterocycles. The lowest BCUT2D eigenvalue weighted by atomic mass is 10.1. The van der Waals surface area contributed by atoms with Crippen molar-refractivity contribution >= 4 is 29.2 Å². The van der Waals surface area contributed by atoms with Gasteiger partial charge >= 0.3 is 0 Å². The molecular weight excluding hydrogens is 326 g/mol. The number of hydrogen-bond acceptors (Lipinski definition) is 4. The smallest absolute Gasteiger partial charge is 0.153 e. The Morgan fingerprint density at radius 3 is 2.39 bits per heavy atom. The fourth-order valence-electron chi connectivity index (χ4n) is 2.04. The van der Waals surface area contributed by atoms with E-state index < -0.39 is 0 Å². The summed E-state index contributed by atoms with van der Waals surface area (Å²) in [5.41, 5.74) is 3.45. The number of benzene rings is 2. The molecular formula is C18H12ClN3S. The van der Waals surface area contributed by atoms with E-state index in [4.69, 9.17) is 16.9 Å². The van der Waals surface area contributed by atoms with Crippen LogP contribution in [0.4, 0.5) is 5.69 Å². The first-order valence-electron chi connectivity index (χ1n) is 6.90. The van der Waals surface area contributed by atoms with E-state index in [0.29, 0.717) is 16.4 Å². The Bertz CT molecular complexity index is 842. The van der Waals surface area contributed by atoms with Crippen molar-refractivity contribution in [2.24, 2.45) is 0 Å². The third-order valence-electron chi connectivity index (χ3n) is 3.21. The van der Waals surface area contributed by atoms with Gasteiger partial charge in [0.2, 0.25) is 0 Å². The lowest BCUT2D eigenvalue weighted by Crippen LogP contribution is -1.91. The van der Waals surface area contributed by atoms with Crippen molar-refractivity contribution in [2.75, 3.05) is 4.72 Å². The monoisotopic (exact) mass is 337 g/mol. The summed E-state index contributed by atoms with van der Waals surface area (Å²) in [6.07, 6.45) is 1.45. The Kier molecular flexibility index (Phi) is 4.82. The van der Waals surface area contributed by atoms with Gasteiger partial charge in [-0.1, -0.05) is 54.1 Å². The zero-order chi connectivity index (χ0) is 16.1. The summed E-state index contributed by atoms with van der Waals surface area (Å²) in [6, 6.07) is 22.2. The molecule has 2 aromatic carbocycles. The number of halogens is 1. The van der Waals surface area contributed by atoms with E-state index in [1.807, 2.05) is 36.4 Å². The topological polar surface area (TPSA) is 48.7 Å². The normalized spacial score (nSPS) is 10.1. The molecule has 1 aromatic heterocycles. The zero-order valence-electron chi connectivity index (χ0n) is 12.0. The predicted molar refractivity (Wildman–Crippen MR) is 95.3 cm³/mol. The summed E-state index contributed by atoms with van der Waals surface area (Å²) >= 11 is 7.46. The van der Waals surface area contributed by atoms with Gasteiger partial charge in [-0.2, -0.15) is 5.26 Å². The highest BCUT2D eigenvalue weighted by atomic mass is 35.5. The van der Waals surface area contributed by atoms with E-state index in [1.165, 1.54) is 29.3 Å². The summed E-state index contributed by atoms with van der Waals surface area (Å²) in [5, 5.41) is 9.25. The van der Waals surface area contributed by atoms with Crippen molar-refractivity contribution in [3.05, 3.63) is 77.6 Å². The van der Waals surface area contributed by atoms with Gasteiger partial charge in [0.25, 0.3) is 0 Å². The maximum atomic E-state index is 8.91. The van der Waals surface area contributed by atoms with Crippen LogP contribution in [-0.2, 0) is 0 Å². The van der Waals surface area contributed by atoms with Crippen molar-refractivity contribution in [3.63, 3.8) is 0 Å². The first kappa shape index (κ1) is 15.4. The molecule has 0 atom stereocenters. The Balaban J connectivity index is 1.71. The lowest BCUT2D eigenvalue weighted by Gasteiger charge is -2.08. The molecule has 112 valence electrons. The van der Waals surface area contributed by atoms with Gasteiger partial charge in [0.1, 0.15) is 6.07 Å². The first-order valence-corrected chi connectivity index (χ1v) is 8.10. The van der Waals surface area contributed by atoms with Gasteiger partial charge in [-0.3, -0.25) is 0 Å². The number of pyridine rings is 1. The molecule has 1 N–H and O–H groups in total. The molecule has 0 unspecified atom stereocenters. The van der Waals surface area contributed by atoms with E-state index in [-0.39, 0.29) is 0 Å². The Labute approximate surface area is 144 Å². The fraction of sp³-hybridized carbons (Fsp3) is 0. The van der Waals surface area contributed by atoms with Gasteiger partial charge in [0.15, 0.2) is 5.15 Å². The number of hydrogen-bond donors (Lipinski definition) is 1. The second-order valence-corrected chi connectivity index (χ2v) is 6.01. The molecule has 5 heteroatoms. The number of nitrogens with one attached hydrogen (secondary N) is 1. The Morgan fingerprint density at radius 1 is 1.00 bits per heavy atom. The third kappa shape index (κ3) is 3.84. The Hall–Kier alpha value is -2.48. The number of nitrogens with zero attached hydrogens (tertiary/aromatic N) is 2. The second kappa shape index (κ2) is 7.19. The molecule has 3 nitrogen and oxygen atoms in total.